The molecule has 0 aliphatic heterocycles. The minimum absolute atomic E-state index is 0.0731. The molecule has 1 aromatic rings. The molecule has 2 unspecified atom stereocenters. The van der Waals surface area contributed by atoms with Crippen LogP contribution in [0.1, 0.15) is 43.0 Å². The van der Waals surface area contributed by atoms with Crippen LogP contribution < -0.4 is 11.1 Å². The minimum atomic E-state index is -0.277. The van der Waals surface area contributed by atoms with Crippen molar-refractivity contribution in [2.45, 2.75) is 38.1 Å². The lowest BCUT2D eigenvalue weighted by Crippen LogP contribution is -2.59. The molecule has 0 radical (unpaired) electrons. The van der Waals surface area contributed by atoms with Crippen molar-refractivity contribution in [1.29, 1.82) is 0 Å². The molecule has 0 saturated heterocycles. The van der Waals surface area contributed by atoms with Crippen LogP contribution >= 0.6 is 34.2 Å². The van der Waals surface area contributed by atoms with Crippen LogP contribution in [-0.2, 0) is 0 Å². The lowest BCUT2D eigenvalue weighted by Gasteiger charge is -2.42. The van der Waals surface area contributed by atoms with E-state index in [2.05, 4.69) is 34.8 Å². The van der Waals surface area contributed by atoms with Crippen LogP contribution in [0.15, 0.2) is 18.2 Å². The quantitative estimate of drug-likeness (QED) is 0.754. The Morgan fingerprint density at radius 1 is 1.55 bits per heavy atom. The van der Waals surface area contributed by atoms with E-state index >= 15 is 0 Å². The van der Waals surface area contributed by atoms with Gasteiger partial charge < -0.3 is 11.1 Å². The first-order chi connectivity index (χ1) is 9.48. The number of carbonyl (C=O) groups excluding carboxylic acids is 1. The zero-order chi connectivity index (χ0) is 14.8. The normalized spacial score (nSPS) is 26.3. The van der Waals surface area contributed by atoms with Crippen molar-refractivity contribution < 1.29 is 4.79 Å². The maximum absolute atomic E-state index is 12.6. The van der Waals surface area contributed by atoms with Crippen molar-refractivity contribution in [3.05, 3.63) is 32.4 Å². The van der Waals surface area contributed by atoms with Crippen molar-refractivity contribution >= 4 is 40.1 Å². The zero-order valence-electron chi connectivity index (χ0n) is 11.6. The second-order valence-corrected chi connectivity index (χ2v) is 7.18. The second-order valence-electron chi connectivity index (χ2n) is 5.59. The minimum Gasteiger partial charge on any atom is -0.345 e. The van der Waals surface area contributed by atoms with Crippen molar-refractivity contribution in [3.63, 3.8) is 0 Å². The number of hydrogen-bond acceptors (Lipinski definition) is 2. The summed E-state index contributed by atoms with van der Waals surface area (Å²) in [7, 11) is 0. The first kappa shape index (κ1) is 16.0. The summed E-state index contributed by atoms with van der Waals surface area (Å²) in [6.45, 7) is 2.66. The summed E-state index contributed by atoms with van der Waals surface area (Å²) in [6, 6.07) is 5.37. The Hall–Kier alpha value is -0.330. The van der Waals surface area contributed by atoms with Crippen LogP contribution in [0, 0.1) is 9.49 Å². The average molecular weight is 407 g/mol. The number of carbonyl (C=O) groups is 1. The van der Waals surface area contributed by atoms with E-state index in [1.165, 1.54) is 6.42 Å². The molecule has 20 heavy (non-hydrogen) atoms. The lowest BCUT2D eigenvalue weighted by molar-refractivity contribution is 0.0812. The summed E-state index contributed by atoms with van der Waals surface area (Å²) in [4.78, 5) is 12.6. The zero-order valence-corrected chi connectivity index (χ0v) is 14.5. The summed E-state index contributed by atoms with van der Waals surface area (Å²) in [6.07, 6.45) is 4.40. The first-order valence-corrected chi connectivity index (χ1v) is 8.42. The lowest BCUT2D eigenvalue weighted by atomic mass is 9.73. The fourth-order valence-electron chi connectivity index (χ4n) is 2.92. The number of halogens is 2. The highest BCUT2D eigenvalue weighted by Crippen LogP contribution is 2.33. The van der Waals surface area contributed by atoms with Gasteiger partial charge in [0, 0.05) is 15.1 Å². The van der Waals surface area contributed by atoms with Gasteiger partial charge in [-0.15, -0.1) is 0 Å². The van der Waals surface area contributed by atoms with Crippen molar-refractivity contribution in [3.8, 4) is 0 Å². The van der Waals surface area contributed by atoms with Crippen LogP contribution in [0.4, 0.5) is 0 Å². The molecule has 3 nitrogen and oxygen atoms in total. The number of nitrogens with two attached hydrogens (primary N) is 1. The number of amides is 1. The molecule has 1 fully saturated rings. The van der Waals surface area contributed by atoms with Crippen molar-refractivity contribution in [1.82, 2.24) is 5.32 Å². The molecule has 1 amide bonds. The molecule has 0 heterocycles. The average Bonchev–Trinajstić information content (AvgIpc) is 2.44. The van der Waals surface area contributed by atoms with Gasteiger partial charge in [0.2, 0.25) is 0 Å². The molecule has 3 N–H and O–H groups in total. The fourth-order valence-corrected chi connectivity index (χ4v) is 3.67. The van der Waals surface area contributed by atoms with Crippen molar-refractivity contribution in [2.24, 2.45) is 11.7 Å². The van der Waals surface area contributed by atoms with Gasteiger partial charge in [-0.3, -0.25) is 4.79 Å². The van der Waals surface area contributed by atoms with Crippen LogP contribution in [0.5, 0.6) is 0 Å². The Labute approximate surface area is 138 Å². The number of rotatable bonds is 3. The van der Waals surface area contributed by atoms with Crippen molar-refractivity contribution in [2.75, 3.05) is 6.54 Å². The number of hydrogen-bond donors (Lipinski definition) is 2. The van der Waals surface area contributed by atoms with Gasteiger partial charge in [-0.25, -0.2) is 0 Å². The summed E-state index contributed by atoms with van der Waals surface area (Å²) in [5.41, 5.74) is 6.33. The molecule has 2 rings (SSSR count). The van der Waals surface area contributed by atoms with E-state index in [9.17, 15) is 4.79 Å². The van der Waals surface area contributed by atoms with E-state index in [0.29, 0.717) is 23.0 Å². The highest BCUT2D eigenvalue weighted by atomic mass is 127. The molecule has 1 aromatic carbocycles. The van der Waals surface area contributed by atoms with Gasteiger partial charge in [-0.2, -0.15) is 0 Å². The Kier molecular flexibility index (Phi) is 5.31. The van der Waals surface area contributed by atoms with Crippen LogP contribution in [0.3, 0.4) is 0 Å². The van der Waals surface area contributed by atoms with E-state index in [4.69, 9.17) is 17.3 Å². The Bertz CT molecular complexity index is 509. The topological polar surface area (TPSA) is 55.1 Å². The van der Waals surface area contributed by atoms with Crippen LogP contribution in [0.25, 0.3) is 0 Å². The van der Waals surface area contributed by atoms with E-state index in [-0.39, 0.29) is 11.4 Å². The third kappa shape index (κ3) is 3.28. The van der Waals surface area contributed by atoms with E-state index in [1.807, 2.05) is 6.07 Å². The predicted molar refractivity (Wildman–Crippen MR) is 91.1 cm³/mol. The molecule has 1 aliphatic rings. The van der Waals surface area contributed by atoms with Gasteiger partial charge >= 0.3 is 0 Å². The van der Waals surface area contributed by atoms with Gasteiger partial charge in [0.15, 0.2) is 0 Å². The summed E-state index contributed by atoms with van der Waals surface area (Å²) >= 11 is 8.15. The standard InChI is InChI=1S/C15H20ClIN2O/c1-10-4-2-3-7-15(10,9-18)19-14(20)12-8-11(16)5-6-13(12)17/h5-6,8,10H,2-4,7,9,18H2,1H3,(H,19,20). The number of benzene rings is 1. The third-order valence-corrected chi connectivity index (χ3v) is 5.53. The van der Waals surface area contributed by atoms with Gasteiger partial charge in [0.25, 0.3) is 5.91 Å². The Balaban J connectivity index is 2.23. The van der Waals surface area contributed by atoms with Gasteiger partial charge in [0.05, 0.1) is 11.1 Å². The summed E-state index contributed by atoms with van der Waals surface area (Å²) in [5, 5.41) is 3.77. The molecule has 0 spiro atoms. The molecule has 1 aliphatic carbocycles. The van der Waals surface area contributed by atoms with Gasteiger partial charge in [-0.1, -0.05) is 31.4 Å². The van der Waals surface area contributed by atoms with Crippen LogP contribution in [-0.4, -0.2) is 18.0 Å². The summed E-state index contributed by atoms with van der Waals surface area (Å²) in [5.74, 6) is 0.332. The molecule has 0 bridgehead atoms. The molecule has 2 atom stereocenters. The predicted octanol–water partition coefficient (Wildman–Crippen LogP) is 3.58. The maximum Gasteiger partial charge on any atom is 0.252 e. The summed E-state index contributed by atoms with van der Waals surface area (Å²) < 4.78 is 0.903. The maximum atomic E-state index is 12.6. The first-order valence-electron chi connectivity index (χ1n) is 6.96. The SMILES string of the molecule is CC1CCCCC1(CN)NC(=O)c1cc(Cl)ccc1I. The van der Waals surface area contributed by atoms with E-state index < -0.39 is 0 Å². The molecule has 1 saturated carbocycles. The van der Waals surface area contributed by atoms with Crippen LogP contribution in [0.2, 0.25) is 5.02 Å². The largest absolute Gasteiger partial charge is 0.345 e. The molecular formula is C15H20ClIN2O. The molecular weight excluding hydrogens is 387 g/mol. The van der Waals surface area contributed by atoms with E-state index in [1.54, 1.807) is 12.1 Å². The fraction of sp³-hybridized carbons (Fsp3) is 0.533. The Morgan fingerprint density at radius 2 is 2.30 bits per heavy atom. The molecule has 110 valence electrons. The molecule has 5 heteroatoms. The van der Waals surface area contributed by atoms with E-state index in [0.717, 1.165) is 22.8 Å². The van der Waals surface area contributed by atoms with Gasteiger partial charge in [0.1, 0.15) is 0 Å². The van der Waals surface area contributed by atoms with Gasteiger partial charge in [-0.05, 0) is 59.5 Å². The molecule has 0 aromatic heterocycles. The third-order valence-electron chi connectivity index (χ3n) is 4.35. The monoisotopic (exact) mass is 406 g/mol. The highest BCUT2D eigenvalue weighted by molar-refractivity contribution is 14.1. The second kappa shape index (κ2) is 6.62. The number of nitrogens with one attached hydrogen (secondary N) is 1. The Morgan fingerprint density at radius 3 is 2.95 bits per heavy atom. The smallest absolute Gasteiger partial charge is 0.252 e. The highest BCUT2D eigenvalue weighted by Gasteiger charge is 2.38.